The van der Waals surface area contributed by atoms with Crippen molar-refractivity contribution in [3.8, 4) is 11.1 Å². The minimum Gasteiger partial charge on any atom is -0.387 e. The third-order valence-corrected chi connectivity index (χ3v) is 4.65. The lowest BCUT2D eigenvalue weighted by Gasteiger charge is -2.32. The van der Waals surface area contributed by atoms with Gasteiger partial charge >= 0.3 is 0 Å². The van der Waals surface area contributed by atoms with E-state index in [0.717, 1.165) is 13.0 Å². The molecule has 2 aromatic rings. The average Bonchev–Trinajstić information content (AvgIpc) is 2.61. The molecule has 0 saturated carbocycles. The highest BCUT2D eigenvalue weighted by atomic mass is 35.5. The fourth-order valence-corrected chi connectivity index (χ4v) is 3.13. The Balaban J connectivity index is 0.00000243. The molecule has 2 aromatic carbocycles. The summed E-state index contributed by atoms with van der Waals surface area (Å²) < 4.78 is 14.0. The minimum atomic E-state index is -0.902. The van der Waals surface area contributed by atoms with Gasteiger partial charge in [-0.15, -0.1) is 12.4 Å². The van der Waals surface area contributed by atoms with Crippen LogP contribution < -0.4 is 10.6 Å². The molecule has 1 saturated heterocycles. The van der Waals surface area contributed by atoms with Gasteiger partial charge in [-0.3, -0.25) is 4.79 Å². The monoisotopic (exact) mass is 398 g/mol. The molecule has 1 aliphatic rings. The van der Waals surface area contributed by atoms with E-state index in [9.17, 15) is 14.3 Å². The third kappa shape index (κ3) is 4.95. The Bertz CT molecular complexity index is 763. The van der Waals surface area contributed by atoms with Gasteiger partial charge in [-0.1, -0.05) is 23.7 Å². The second-order valence-corrected chi connectivity index (χ2v) is 6.83. The van der Waals surface area contributed by atoms with E-state index in [0.29, 0.717) is 34.7 Å². The van der Waals surface area contributed by atoms with Crippen molar-refractivity contribution in [2.24, 2.45) is 0 Å². The Morgan fingerprint density at radius 2 is 2.00 bits per heavy atom. The number of hydrogen-bond donors (Lipinski definition) is 3. The van der Waals surface area contributed by atoms with Crippen molar-refractivity contribution >= 4 is 29.9 Å². The van der Waals surface area contributed by atoms with Crippen LogP contribution in [0, 0.1) is 5.82 Å². The molecule has 1 heterocycles. The summed E-state index contributed by atoms with van der Waals surface area (Å²) in [7, 11) is 0. The van der Waals surface area contributed by atoms with Crippen molar-refractivity contribution in [1.29, 1.82) is 0 Å². The van der Waals surface area contributed by atoms with Gasteiger partial charge in [-0.2, -0.15) is 0 Å². The van der Waals surface area contributed by atoms with Crippen molar-refractivity contribution in [2.75, 3.05) is 19.6 Å². The number of amides is 1. The first kappa shape index (κ1) is 20.6. The van der Waals surface area contributed by atoms with E-state index in [-0.39, 0.29) is 24.9 Å². The smallest absolute Gasteiger partial charge is 0.251 e. The van der Waals surface area contributed by atoms with Crippen LogP contribution in [-0.4, -0.2) is 36.2 Å². The van der Waals surface area contributed by atoms with Gasteiger partial charge in [0.25, 0.3) is 5.91 Å². The van der Waals surface area contributed by atoms with E-state index in [1.807, 2.05) is 0 Å². The van der Waals surface area contributed by atoms with Crippen LogP contribution in [0.25, 0.3) is 11.1 Å². The maximum Gasteiger partial charge on any atom is 0.251 e. The lowest BCUT2D eigenvalue weighted by molar-refractivity contribution is 0.0170. The molecule has 3 rings (SSSR count). The van der Waals surface area contributed by atoms with Crippen molar-refractivity contribution in [3.63, 3.8) is 0 Å². The Labute approximate surface area is 163 Å². The first-order chi connectivity index (χ1) is 12.0. The molecule has 1 fully saturated rings. The molecule has 1 aliphatic heterocycles. The zero-order chi connectivity index (χ0) is 17.9. The molecule has 0 bridgehead atoms. The lowest BCUT2D eigenvalue weighted by Crippen LogP contribution is -2.52. The van der Waals surface area contributed by atoms with Gasteiger partial charge in [-0.25, -0.2) is 4.39 Å². The van der Waals surface area contributed by atoms with Crippen LogP contribution in [0.3, 0.4) is 0 Å². The van der Waals surface area contributed by atoms with Gasteiger partial charge in [0.05, 0.1) is 5.60 Å². The maximum atomic E-state index is 14.0. The summed E-state index contributed by atoms with van der Waals surface area (Å²) in [6, 6.07) is 11.2. The molecule has 4 nitrogen and oxygen atoms in total. The zero-order valence-corrected chi connectivity index (χ0v) is 15.7. The van der Waals surface area contributed by atoms with E-state index in [2.05, 4.69) is 10.6 Å². The zero-order valence-electron chi connectivity index (χ0n) is 14.1. The van der Waals surface area contributed by atoms with Crippen molar-refractivity contribution < 1.29 is 14.3 Å². The van der Waals surface area contributed by atoms with Crippen LogP contribution in [0.4, 0.5) is 4.39 Å². The molecule has 0 spiro atoms. The van der Waals surface area contributed by atoms with Crippen LogP contribution in [0.2, 0.25) is 5.02 Å². The van der Waals surface area contributed by atoms with E-state index in [1.165, 1.54) is 6.07 Å². The predicted octanol–water partition coefficient (Wildman–Crippen LogP) is 3.41. The Morgan fingerprint density at radius 1 is 1.27 bits per heavy atom. The highest BCUT2D eigenvalue weighted by Crippen LogP contribution is 2.25. The van der Waals surface area contributed by atoms with Gasteiger partial charge in [0.1, 0.15) is 5.82 Å². The van der Waals surface area contributed by atoms with Crippen LogP contribution in [-0.2, 0) is 0 Å². The Morgan fingerprint density at radius 3 is 2.62 bits per heavy atom. The molecular formula is C19H21Cl2FN2O2. The normalized spacial score (nSPS) is 19.5. The number of carbonyl (C=O) groups is 1. The summed E-state index contributed by atoms with van der Waals surface area (Å²) in [4.78, 5) is 12.3. The van der Waals surface area contributed by atoms with E-state index in [4.69, 9.17) is 11.6 Å². The van der Waals surface area contributed by atoms with E-state index >= 15 is 0 Å². The molecule has 0 aromatic heterocycles. The summed E-state index contributed by atoms with van der Waals surface area (Å²) >= 11 is 5.76. The maximum absolute atomic E-state index is 14.0. The van der Waals surface area contributed by atoms with Gasteiger partial charge in [0.2, 0.25) is 0 Å². The third-order valence-electron chi connectivity index (χ3n) is 4.42. The number of β-amino-alcohol motifs (C(OH)–C–C–N with tert-alkyl or cyclic N) is 1. The first-order valence-electron chi connectivity index (χ1n) is 8.24. The summed E-state index contributed by atoms with van der Waals surface area (Å²) in [5.41, 5.74) is 0.658. The second-order valence-electron chi connectivity index (χ2n) is 6.39. The van der Waals surface area contributed by atoms with Crippen LogP contribution in [0.1, 0.15) is 23.2 Å². The number of halogens is 3. The van der Waals surface area contributed by atoms with Crippen molar-refractivity contribution in [1.82, 2.24) is 10.6 Å². The van der Waals surface area contributed by atoms with Crippen molar-refractivity contribution in [2.45, 2.75) is 18.4 Å². The summed E-state index contributed by atoms with van der Waals surface area (Å²) in [5.74, 6) is -0.668. The number of piperidine rings is 1. The SMILES string of the molecule is Cl.O=C(NCC1(O)CCCNC1)c1ccc(-c2ccc(Cl)cc2F)cc1. The summed E-state index contributed by atoms with van der Waals surface area (Å²) in [6.07, 6.45) is 1.54. The van der Waals surface area contributed by atoms with Crippen LogP contribution in [0.5, 0.6) is 0 Å². The summed E-state index contributed by atoms with van der Waals surface area (Å²) in [5, 5.41) is 16.6. The molecule has 1 unspecified atom stereocenters. The van der Waals surface area contributed by atoms with Gasteiger partial charge in [0.15, 0.2) is 0 Å². The van der Waals surface area contributed by atoms with Gasteiger partial charge in [-0.05, 0) is 55.3 Å². The largest absolute Gasteiger partial charge is 0.387 e. The molecule has 26 heavy (non-hydrogen) atoms. The highest BCUT2D eigenvalue weighted by Gasteiger charge is 2.29. The molecule has 0 radical (unpaired) electrons. The second kappa shape index (κ2) is 8.82. The van der Waals surface area contributed by atoms with E-state index in [1.54, 1.807) is 36.4 Å². The number of rotatable bonds is 4. The predicted molar refractivity (Wildman–Crippen MR) is 103 cm³/mol. The van der Waals surface area contributed by atoms with Gasteiger partial charge < -0.3 is 15.7 Å². The van der Waals surface area contributed by atoms with E-state index < -0.39 is 11.4 Å². The number of hydrogen-bond acceptors (Lipinski definition) is 3. The molecule has 7 heteroatoms. The van der Waals surface area contributed by atoms with Crippen molar-refractivity contribution in [3.05, 3.63) is 58.9 Å². The standard InChI is InChI=1S/C19H20ClFN2O2.ClH/c20-15-6-7-16(17(21)10-15)13-2-4-14(5-3-13)18(24)23-12-19(25)8-1-9-22-11-19;/h2-7,10,22,25H,1,8-9,11-12H2,(H,23,24);1H. The Hall–Kier alpha value is -1.66. The number of benzene rings is 2. The molecule has 1 atom stereocenters. The number of carbonyl (C=O) groups excluding carboxylic acids is 1. The average molecular weight is 399 g/mol. The lowest BCUT2D eigenvalue weighted by atomic mass is 9.94. The quantitative estimate of drug-likeness (QED) is 0.739. The molecule has 1 amide bonds. The fraction of sp³-hybridized carbons (Fsp3) is 0.316. The number of aliphatic hydroxyl groups is 1. The highest BCUT2D eigenvalue weighted by molar-refractivity contribution is 6.30. The van der Waals surface area contributed by atoms with Crippen LogP contribution in [0.15, 0.2) is 42.5 Å². The minimum absolute atomic E-state index is 0. The number of nitrogens with one attached hydrogen (secondary N) is 2. The molecule has 3 N–H and O–H groups in total. The topological polar surface area (TPSA) is 61.4 Å². The fourth-order valence-electron chi connectivity index (χ4n) is 2.97. The first-order valence-corrected chi connectivity index (χ1v) is 8.61. The Kier molecular flexibility index (Phi) is 7.01. The van der Waals surface area contributed by atoms with Crippen LogP contribution >= 0.6 is 24.0 Å². The van der Waals surface area contributed by atoms with Gasteiger partial charge in [0, 0.05) is 29.2 Å². The molecular weight excluding hydrogens is 378 g/mol. The molecule has 0 aliphatic carbocycles. The summed E-state index contributed by atoms with van der Waals surface area (Å²) in [6.45, 7) is 1.56. The molecule has 140 valence electrons.